The van der Waals surface area contributed by atoms with Crippen LogP contribution in [0.5, 0.6) is 0 Å². The van der Waals surface area contributed by atoms with Crippen molar-refractivity contribution in [1.82, 2.24) is 0 Å². The Labute approximate surface area is 556 Å². The zero-order chi connectivity index (χ0) is 70.7. The molecule has 0 fully saturated rings. The van der Waals surface area contributed by atoms with E-state index < -0.39 is 96.1 Å². The third-order valence-electron chi connectivity index (χ3n) is 17.1. The molecule has 0 unspecified atom stereocenters. The van der Waals surface area contributed by atoms with Gasteiger partial charge in [0.2, 0.25) is 0 Å². The van der Waals surface area contributed by atoms with Crippen LogP contribution in [0.1, 0.15) is 254 Å². The lowest BCUT2D eigenvalue weighted by molar-refractivity contribution is -0.138. The van der Waals surface area contributed by atoms with Crippen LogP contribution in [0.2, 0.25) is 0 Å². The van der Waals surface area contributed by atoms with E-state index in [1.807, 2.05) is 48.5 Å². The van der Waals surface area contributed by atoms with Gasteiger partial charge in [-0.25, -0.2) is 8.62 Å². The molecular weight excluding hydrogens is 1250 g/mol. The molecule has 0 saturated carbocycles. The molecule has 0 atom stereocenters. The Morgan fingerprint density at radius 2 is 0.554 bits per heavy atom. The van der Waals surface area contributed by atoms with Crippen LogP contribution in [0.15, 0.2) is 72.8 Å². The zero-order valence-corrected chi connectivity index (χ0v) is 61.8. The Kier molecular flexibility index (Phi) is 38.9. The Balaban J connectivity index is 0.000000759. The number of rotatable bonds is 32. The van der Waals surface area contributed by atoms with E-state index in [1.54, 1.807) is 0 Å². The van der Waals surface area contributed by atoms with Gasteiger partial charge in [-0.1, -0.05) is 258 Å². The average molecular weight is 1370 g/mol. The largest absolute Gasteiger partial charge is 0.395 e. The van der Waals surface area contributed by atoms with Gasteiger partial charge in [0.05, 0.1) is 50.5 Å². The highest BCUT2D eigenvalue weighted by atomic mass is 31.2. The van der Waals surface area contributed by atoms with Crippen molar-refractivity contribution in [3.8, 4) is 0 Å². The van der Waals surface area contributed by atoms with Gasteiger partial charge in [0.1, 0.15) is 11.2 Å². The molecule has 528 valence electrons. The van der Waals surface area contributed by atoms with Gasteiger partial charge in [0, 0.05) is 0 Å². The van der Waals surface area contributed by atoms with Gasteiger partial charge < -0.3 is 80.0 Å². The van der Waals surface area contributed by atoms with E-state index in [0.717, 1.165) is 83.0 Å². The van der Waals surface area contributed by atoms with Gasteiger partial charge in [0.25, 0.3) is 0 Å². The minimum Gasteiger partial charge on any atom is -0.395 e. The minimum absolute atomic E-state index is 0.379. The maximum atomic E-state index is 13.7. The van der Waals surface area contributed by atoms with Crippen molar-refractivity contribution in [2.24, 2.45) is 10.8 Å². The monoisotopic (exact) mass is 1370 g/mol. The number of unbranched alkanes of at least 4 members (excludes halogenated alkanes) is 12. The number of aryl methyl sites for hydroxylation is 4. The Morgan fingerprint density at radius 3 is 0.772 bits per heavy atom. The highest BCUT2D eigenvalue weighted by molar-refractivity contribution is 7.53. The summed E-state index contributed by atoms with van der Waals surface area (Å²) in [6.07, 6.45) is 18.5. The smallest absolute Gasteiger partial charge is 0.334 e. The summed E-state index contributed by atoms with van der Waals surface area (Å²) in [5.74, 6) is 0. The van der Waals surface area contributed by atoms with Gasteiger partial charge >= 0.3 is 34.4 Å². The Morgan fingerprint density at radius 1 is 0.326 bits per heavy atom. The molecule has 0 heterocycles. The first-order chi connectivity index (χ1) is 42.7. The zero-order valence-electron chi connectivity index (χ0n) is 58.2. The fraction of sp³-hybridized carbons (Fsp3) is 0.657. The second-order valence-corrected chi connectivity index (χ2v) is 32.0. The van der Waals surface area contributed by atoms with Crippen molar-refractivity contribution in [1.29, 1.82) is 0 Å². The van der Waals surface area contributed by atoms with Crippen LogP contribution in [0, 0.1) is 24.7 Å². The predicted octanol–water partition coefficient (Wildman–Crippen LogP) is 13.0. The topological polar surface area (TPSA) is 342 Å². The highest BCUT2D eigenvalue weighted by Gasteiger charge is 2.58. The number of hydrogen-bond donors (Lipinski definition) is 16. The number of benzene rings is 4. The fourth-order valence-electron chi connectivity index (χ4n) is 11.9. The van der Waals surface area contributed by atoms with Crippen LogP contribution in [-0.2, 0) is 54.3 Å². The maximum Gasteiger partial charge on any atom is 0.334 e. The van der Waals surface area contributed by atoms with Gasteiger partial charge in [-0.15, -0.1) is 0 Å². The normalized spacial score (nSPS) is 12.9. The van der Waals surface area contributed by atoms with Crippen LogP contribution in [0.25, 0.3) is 0 Å². The molecule has 18 nitrogen and oxygen atoms in total. The van der Waals surface area contributed by atoms with Gasteiger partial charge in [0.15, 0.2) is 0 Å². The summed E-state index contributed by atoms with van der Waals surface area (Å²) in [6, 6.07) is 24.2. The summed E-state index contributed by atoms with van der Waals surface area (Å²) >= 11 is 0. The lowest BCUT2D eigenvalue weighted by Crippen LogP contribution is -2.57. The van der Waals surface area contributed by atoms with Crippen molar-refractivity contribution in [3.05, 3.63) is 140 Å². The SMILES string of the molecule is CCCCCCCCCc1ccccc1C(O)(c1ccccc1CCCCCCCCC)C(CO)(CO)CO.Cc1cc(C(C)(C)C)c(C(O)(c2c(C(C)(C)C)cc(C)cc2C(C)(C)C)C(CO)(CO)CO)c(C(C)(C)C)c1.OP(O)OP(O)O.OP(O)OP(O)O. The van der Waals surface area contributed by atoms with E-state index in [1.165, 1.54) is 64.2 Å². The molecule has 0 aliphatic carbocycles. The number of aliphatic hydroxyl groups excluding tert-OH is 6. The molecule has 0 aromatic heterocycles. The molecule has 16 N–H and O–H groups in total. The van der Waals surface area contributed by atoms with Crippen molar-refractivity contribution >= 4 is 34.4 Å². The molecule has 4 rings (SSSR count). The molecule has 0 saturated heterocycles. The third kappa shape index (κ3) is 25.3. The second kappa shape index (κ2) is 40.7. The molecule has 0 aliphatic heterocycles. The molecule has 0 bridgehead atoms. The first kappa shape index (κ1) is 87.9. The first-order valence-electron chi connectivity index (χ1n) is 32.4. The summed E-state index contributed by atoms with van der Waals surface area (Å²) < 4.78 is 7.20. The summed E-state index contributed by atoms with van der Waals surface area (Å²) in [7, 11) is -10.4. The van der Waals surface area contributed by atoms with Gasteiger partial charge in [-0.05, 0) is 117 Å². The van der Waals surface area contributed by atoms with Crippen molar-refractivity contribution < 1.29 is 88.6 Å². The minimum atomic E-state index is -2.61. The van der Waals surface area contributed by atoms with Crippen LogP contribution < -0.4 is 0 Å². The van der Waals surface area contributed by atoms with E-state index in [9.17, 15) is 40.9 Å². The molecule has 22 heteroatoms. The van der Waals surface area contributed by atoms with Crippen molar-refractivity contribution in [2.45, 2.75) is 246 Å². The Hall–Kier alpha value is -2.12. The van der Waals surface area contributed by atoms with E-state index in [4.69, 9.17) is 39.1 Å². The molecule has 4 aromatic carbocycles. The second-order valence-electron chi connectivity index (χ2n) is 28.6. The summed E-state index contributed by atoms with van der Waals surface area (Å²) in [5, 5.41) is 91.3. The standard InChI is InChI=1S/2C35H56O4.2H4O5P2/c1-22-15-24(30(3,4)5)28(25(16-22)31(6,7)8)35(39,34(19-36,20-37)21-38)29-26(32(9,10)11)17-23(2)18-27(29)33(12,13)14;1-3-5-7-9-11-13-15-21-30-23-17-19-25-32(30)35(39,34(27-36,28-37)29-38)33-26-20-18-24-31(33)22-16-14-12-10-8-6-4-2;2*1-6(2)5-7(3)4/h15-18,36-39H,19-21H2,1-14H3;17-20,23-26,36-39H,3-16,21-22,27-29H2,1-2H3;2*1-4H. The van der Waals surface area contributed by atoms with Crippen LogP contribution in [0.3, 0.4) is 0 Å². The fourth-order valence-corrected chi connectivity index (χ4v) is 13.0. The molecule has 0 aliphatic rings. The van der Waals surface area contributed by atoms with Gasteiger partial charge in [-0.2, -0.15) is 0 Å². The summed E-state index contributed by atoms with van der Waals surface area (Å²) in [5.41, 5.74) is 2.27. The molecule has 0 radical (unpaired) electrons. The lowest BCUT2D eigenvalue weighted by Gasteiger charge is -2.52. The van der Waals surface area contributed by atoms with Crippen LogP contribution in [0.4, 0.5) is 0 Å². The summed E-state index contributed by atoms with van der Waals surface area (Å²) in [6.45, 7) is 30.7. The van der Waals surface area contributed by atoms with Gasteiger partial charge in [-0.3, -0.25) is 0 Å². The van der Waals surface area contributed by atoms with Crippen LogP contribution in [-0.4, -0.2) is 120 Å². The van der Waals surface area contributed by atoms with Crippen molar-refractivity contribution in [2.75, 3.05) is 39.6 Å². The lowest BCUT2D eigenvalue weighted by atomic mass is 9.56. The highest BCUT2D eigenvalue weighted by Crippen LogP contribution is 2.56. The average Bonchev–Trinajstić information content (AvgIpc) is 0.703. The van der Waals surface area contributed by atoms with E-state index >= 15 is 0 Å². The van der Waals surface area contributed by atoms with E-state index in [-0.39, 0.29) is 21.7 Å². The van der Waals surface area contributed by atoms with E-state index in [0.29, 0.717) is 22.3 Å². The maximum absolute atomic E-state index is 13.7. The molecule has 0 amide bonds. The number of hydrogen-bond acceptors (Lipinski definition) is 18. The number of aliphatic hydroxyl groups is 8. The Bertz CT molecular complexity index is 2450. The van der Waals surface area contributed by atoms with E-state index in [2.05, 4.69) is 144 Å². The van der Waals surface area contributed by atoms with Crippen molar-refractivity contribution in [3.63, 3.8) is 0 Å². The molecule has 4 aromatic rings. The first-order valence-corrected chi connectivity index (χ1v) is 37.0. The quantitative estimate of drug-likeness (QED) is 0.0159. The predicted molar refractivity (Wildman–Crippen MR) is 374 cm³/mol. The van der Waals surface area contributed by atoms with Crippen LogP contribution >= 0.6 is 34.4 Å². The summed E-state index contributed by atoms with van der Waals surface area (Å²) in [4.78, 5) is 62.5. The molecule has 0 spiro atoms. The molecule has 92 heavy (non-hydrogen) atoms. The molecular formula is C70H120O18P4. The third-order valence-corrected chi connectivity index (χ3v) is 19.4.